The van der Waals surface area contributed by atoms with Gasteiger partial charge >= 0.3 is 0 Å². The van der Waals surface area contributed by atoms with Gasteiger partial charge in [0.25, 0.3) is 0 Å². The van der Waals surface area contributed by atoms with E-state index in [9.17, 15) is 0 Å². The van der Waals surface area contributed by atoms with Crippen LogP contribution in [0, 0.1) is 6.92 Å². The fourth-order valence-corrected chi connectivity index (χ4v) is 3.21. The third kappa shape index (κ3) is 5.70. The zero-order chi connectivity index (χ0) is 20.5. The van der Waals surface area contributed by atoms with Crippen molar-refractivity contribution in [3.63, 3.8) is 0 Å². The molecule has 3 aromatic rings. The fourth-order valence-electron chi connectivity index (χ4n) is 3.21. The smallest absolute Gasteiger partial charge is 0.213 e. The second-order valence-corrected chi connectivity index (χ2v) is 6.71. The Hall–Kier alpha value is -3.09. The van der Waals surface area contributed by atoms with Crippen LogP contribution in [0.1, 0.15) is 31.7 Å². The molecule has 0 aliphatic heterocycles. The van der Waals surface area contributed by atoms with Crippen molar-refractivity contribution in [2.75, 3.05) is 19.7 Å². The maximum atomic E-state index is 5.46. The first-order chi connectivity index (χ1) is 14.2. The number of ether oxygens (including phenoxy) is 1. The molecule has 7 nitrogen and oxygen atoms in total. The molecule has 0 spiro atoms. The van der Waals surface area contributed by atoms with Gasteiger partial charge in [0.2, 0.25) is 5.88 Å². The number of aromatic nitrogens is 3. The van der Waals surface area contributed by atoms with Crippen molar-refractivity contribution in [3.8, 4) is 5.88 Å². The molecule has 154 valence electrons. The van der Waals surface area contributed by atoms with Crippen molar-refractivity contribution in [3.05, 3.63) is 54.0 Å². The number of pyridine rings is 1. The Bertz CT molecular complexity index is 949. The lowest BCUT2D eigenvalue weighted by molar-refractivity contribution is 0.326. The molecule has 3 rings (SSSR count). The number of aryl methyl sites for hydroxylation is 2. The molecule has 1 aromatic carbocycles. The lowest BCUT2D eigenvalue weighted by atomic mass is 10.3. The summed E-state index contributed by atoms with van der Waals surface area (Å²) < 4.78 is 7.73. The number of aliphatic imine (C=N–C) groups is 1. The van der Waals surface area contributed by atoms with Gasteiger partial charge in [-0.15, -0.1) is 0 Å². The molecule has 0 unspecified atom stereocenters. The second kappa shape index (κ2) is 10.5. The number of benzene rings is 1. The lowest BCUT2D eigenvalue weighted by Gasteiger charge is -2.12. The first-order valence-electron chi connectivity index (χ1n) is 10.2. The number of nitrogens with zero attached hydrogens (tertiary/aromatic N) is 4. The van der Waals surface area contributed by atoms with E-state index < -0.39 is 0 Å². The summed E-state index contributed by atoms with van der Waals surface area (Å²) in [5.74, 6) is 2.50. The van der Waals surface area contributed by atoms with Gasteiger partial charge in [-0.25, -0.2) is 15.0 Å². The molecule has 2 aromatic heterocycles. The molecular weight excluding hydrogens is 364 g/mol. The SMILES string of the molecule is CCNC(=NCc1ccnc(OCC)c1)NCCCn1c(C)nc2ccccc21. The Morgan fingerprint density at radius 2 is 2.03 bits per heavy atom. The Balaban J connectivity index is 1.54. The molecule has 0 aliphatic rings. The van der Waals surface area contributed by atoms with Gasteiger partial charge in [-0.1, -0.05) is 12.1 Å². The summed E-state index contributed by atoms with van der Waals surface area (Å²) in [7, 11) is 0. The maximum absolute atomic E-state index is 5.46. The monoisotopic (exact) mass is 394 g/mol. The zero-order valence-corrected chi connectivity index (χ0v) is 17.5. The summed E-state index contributed by atoms with van der Waals surface area (Å²) >= 11 is 0. The first-order valence-corrected chi connectivity index (χ1v) is 10.2. The number of para-hydroxylation sites is 2. The molecule has 7 heteroatoms. The standard InChI is InChI=1S/C22H30N6O/c1-4-23-22(26-16-18-11-13-24-21(15-18)29-5-2)25-12-8-14-28-17(3)27-19-9-6-7-10-20(19)28/h6-7,9-11,13,15H,4-5,8,12,14,16H2,1-3H3,(H2,23,25,26). The largest absolute Gasteiger partial charge is 0.478 e. The van der Waals surface area contributed by atoms with Gasteiger partial charge in [0.15, 0.2) is 5.96 Å². The maximum Gasteiger partial charge on any atom is 0.213 e. The highest BCUT2D eigenvalue weighted by molar-refractivity contribution is 5.79. The molecule has 0 saturated carbocycles. The van der Waals surface area contributed by atoms with Crippen LogP contribution in [0.15, 0.2) is 47.6 Å². The van der Waals surface area contributed by atoms with Crippen LogP contribution in [0.4, 0.5) is 0 Å². The van der Waals surface area contributed by atoms with Crippen LogP contribution in [0.3, 0.4) is 0 Å². The molecule has 0 aliphatic carbocycles. The van der Waals surface area contributed by atoms with Gasteiger partial charge in [0, 0.05) is 31.9 Å². The Labute approximate surface area is 172 Å². The van der Waals surface area contributed by atoms with Crippen molar-refractivity contribution < 1.29 is 4.74 Å². The van der Waals surface area contributed by atoms with Gasteiger partial charge in [-0.2, -0.15) is 0 Å². The molecule has 2 heterocycles. The minimum Gasteiger partial charge on any atom is -0.478 e. The summed E-state index contributed by atoms with van der Waals surface area (Å²) in [6.07, 6.45) is 2.74. The summed E-state index contributed by atoms with van der Waals surface area (Å²) in [5.41, 5.74) is 3.31. The summed E-state index contributed by atoms with van der Waals surface area (Å²) in [5, 5.41) is 6.72. The molecule has 29 heavy (non-hydrogen) atoms. The summed E-state index contributed by atoms with van der Waals surface area (Å²) in [4.78, 5) is 13.5. The predicted octanol–water partition coefficient (Wildman–Crippen LogP) is 3.28. The van der Waals surface area contributed by atoms with Gasteiger partial charge in [-0.3, -0.25) is 0 Å². The Kier molecular flexibility index (Phi) is 7.44. The molecule has 0 fully saturated rings. The van der Waals surface area contributed by atoms with E-state index in [0.717, 1.165) is 48.9 Å². The van der Waals surface area contributed by atoms with Gasteiger partial charge < -0.3 is 19.9 Å². The average Bonchev–Trinajstić information content (AvgIpc) is 3.05. The van der Waals surface area contributed by atoms with Crippen molar-refractivity contribution >= 4 is 17.0 Å². The molecule has 0 bridgehead atoms. The van der Waals surface area contributed by atoms with Crippen LogP contribution in [0.2, 0.25) is 0 Å². The number of guanidine groups is 1. The molecule has 0 saturated heterocycles. The third-order valence-corrected chi connectivity index (χ3v) is 4.55. The van der Waals surface area contributed by atoms with Crippen LogP contribution in [0.25, 0.3) is 11.0 Å². The van der Waals surface area contributed by atoms with E-state index in [2.05, 4.69) is 62.2 Å². The van der Waals surface area contributed by atoms with Crippen LogP contribution in [-0.2, 0) is 13.1 Å². The molecule has 2 N–H and O–H groups in total. The van der Waals surface area contributed by atoms with E-state index in [-0.39, 0.29) is 0 Å². The van der Waals surface area contributed by atoms with E-state index in [0.29, 0.717) is 19.0 Å². The van der Waals surface area contributed by atoms with E-state index in [1.807, 2.05) is 25.1 Å². The van der Waals surface area contributed by atoms with E-state index >= 15 is 0 Å². The van der Waals surface area contributed by atoms with Crippen molar-refractivity contribution in [2.24, 2.45) is 4.99 Å². The van der Waals surface area contributed by atoms with Gasteiger partial charge in [0.05, 0.1) is 24.2 Å². The molecule has 0 atom stereocenters. The number of hydrogen-bond acceptors (Lipinski definition) is 4. The highest BCUT2D eigenvalue weighted by atomic mass is 16.5. The minimum absolute atomic E-state index is 0.573. The van der Waals surface area contributed by atoms with Gasteiger partial charge in [-0.05, 0) is 51.0 Å². The van der Waals surface area contributed by atoms with Crippen molar-refractivity contribution in [1.82, 2.24) is 25.2 Å². The van der Waals surface area contributed by atoms with E-state index in [4.69, 9.17) is 4.74 Å². The Morgan fingerprint density at radius 1 is 1.17 bits per heavy atom. The molecule has 0 amide bonds. The number of rotatable bonds is 9. The highest BCUT2D eigenvalue weighted by Gasteiger charge is 2.06. The number of fused-ring (bicyclic) bond motifs is 1. The zero-order valence-electron chi connectivity index (χ0n) is 17.5. The predicted molar refractivity (Wildman–Crippen MR) is 117 cm³/mol. The number of hydrogen-bond donors (Lipinski definition) is 2. The highest BCUT2D eigenvalue weighted by Crippen LogP contribution is 2.15. The van der Waals surface area contributed by atoms with Crippen LogP contribution >= 0.6 is 0 Å². The van der Waals surface area contributed by atoms with Gasteiger partial charge in [0.1, 0.15) is 5.82 Å². The molecule has 0 radical (unpaired) electrons. The summed E-state index contributed by atoms with van der Waals surface area (Å²) in [6.45, 7) is 9.82. The van der Waals surface area contributed by atoms with E-state index in [1.165, 1.54) is 5.52 Å². The quantitative estimate of drug-likeness (QED) is 0.331. The first kappa shape index (κ1) is 20.6. The summed E-state index contributed by atoms with van der Waals surface area (Å²) in [6, 6.07) is 12.2. The lowest BCUT2D eigenvalue weighted by Crippen LogP contribution is -2.38. The minimum atomic E-state index is 0.573. The van der Waals surface area contributed by atoms with Crippen LogP contribution < -0.4 is 15.4 Å². The number of imidazole rings is 1. The molecular formula is C22H30N6O. The normalized spacial score (nSPS) is 11.6. The second-order valence-electron chi connectivity index (χ2n) is 6.71. The van der Waals surface area contributed by atoms with Crippen molar-refractivity contribution in [2.45, 2.75) is 40.3 Å². The van der Waals surface area contributed by atoms with Crippen molar-refractivity contribution in [1.29, 1.82) is 0 Å². The number of nitrogens with one attached hydrogen (secondary N) is 2. The fraction of sp³-hybridized carbons (Fsp3) is 0.409. The third-order valence-electron chi connectivity index (χ3n) is 4.55. The Morgan fingerprint density at radius 3 is 2.86 bits per heavy atom. The van der Waals surface area contributed by atoms with E-state index in [1.54, 1.807) is 6.20 Å². The van der Waals surface area contributed by atoms with Crippen LogP contribution in [-0.4, -0.2) is 40.2 Å². The van der Waals surface area contributed by atoms with Crippen LogP contribution in [0.5, 0.6) is 5.88 Å². The average molecular weight is 395 g/mol. The topological polar surface area (TPSA) is 76.4 Å².